The quantitative estimate of drug-likeness (QED) is 0.872. The van der Waals surface area contributed by atoms with Crippen molar-refractivity contribution in [3.63, 3.8) is 0 Å². The Kier molecular flexibility index (Phi) is 3.18. The number of aryl methyl sites for hydroxylation is 1. The molecule has 2 rings (SSSR count). The SMILES string of the molecule is CNc1ncnnc1-c1ccc(OC)c(C)c1. The van der Waals surface area contributed by atoms with E-state index in [1.807, 2.05) is 32.2 Å². The Morgan fingerprint density at radius 2 is 2.12 bits per heavy atom. The van der Waals surface area contributed by atoms with E-state index in [1.165, 1.54) is 6.33 Å². The molecule has 2 aromatic rings. The van der Waals surface area contributed by atoms with Crippen LogP contribution in [0.2, 0.25) is 0 Å². The molecule has 0 atom stereocenters. The van der Waals surface area contributed by atoms with Gasteiger partial charge in [0.15, 0.2) is 5.82 Å². The van der Waals surface area contributed by atoms with Gasteiger partial charge in [0.25, 0.3) is 0 Å². The summed E-state index contributed by atoms with van der Waals surface area (Å²) in [5.74, 6) is 1.57. The van der Waals surface area contributed by atoms with Crippen molar-refractivity contribution >= 4 is 5.82 Å². The first-order valence-electron chi connectivity index (χ1n) is 5.26. The van der Waals surface area contributed by atoms with E-state index < -0.39 is 0 Å². The molecule has 0 fully saturated rings. The van der Waals surface area contributed by atoms with Crippen LogP contribution in [0.15, 0.2) is 24.5 Å². The lowest BCUT2D eigenvalue weighted by Crippen LogP contribution is -1.99. The van der Waals surface area contributed by atoms with E-state index in [2.05, 4.69) is 20.5 Å². The maximum atomic E-state index is 5.23. The minimum absolute atomic E-state index is 0.713. The smallest absolute Gasteiger partial charge is 0.156 e. The second-order valence-electron chi connectivity index (χ2n) is 3.59. The fourth-order valence-corrected chi connectivity index (χ4v) is 1.68. The number of anilines is 1. The van der Waals surface area contributed by atoms with Crippen LogP contribution in [0.1, 0.15) is 5.56 Å². The number of hydrogen-bond donors (Lipinski definition) is 1. The van der Waals surface area contributed by atoms with Gasteiger partial charge in [-0.1, -0.05) is 0 Å². The lowest BCUT2D eigenvalue weighted by atomic mass is 10.1. The molecule has 1 aromatic carbocycles. The van der Waals surface area contributed by atoms with Crippen LogP contribution in [0, 0.1) is 6.92 Å². The molecule has 0 spiro atoms. The molecule has 5 nitrogen and oxygen atoms in total. The van der Waals surface area contributed by atoms with Crippen molar-refractivity contribution in [3.8, 4) is 17.0 Å². The molecule has 0 aliphatic carbocycles. The van der Waals surface area contributed by atoms with Crippen molar-refractivity contribution in [2.45, 2.75) is 6.92 Å². The number of methoxy groups -OCH3 is 1. The van der Waals surface area contributed by atoms with Gasteiger partial charge in [-0.05, 0) is 30.7 Å². The molecular formula is C12H14N4O. The van der Waals surface area contributed by atoms with Crippen molar-refractivity contribution in [2.75, 3.05) is 19.5 Å². The Morgan fingerprint density at radius 1 is 1.29 bits per heavy atom. The highest BCUT2D eigenvalue weighted by Crippen LogP contribution is 2.27. The molecule has 1 N–H and O–H groups in total. The van der Waals surface area contributed by atoms with E-state index >= 15 is 0 Å². The Bertz CT molecular complexity index is 528. The predicted molar refractivity (Wildman–Crippen MR) is 66.1 cm³/mol. The fourth-order valence-electron chi connectivity index (χ4n) is 1.68. The largest absolute Gasteiger partial charge is 0.496 e. The molecule has 0 saturated heterocycles. The molecule has 1 aromatic heterocycles. The van der Waals surface area contributed by atoms with Crippen LogP contribution in [0.25, 0.3) is 11.3 Å². The molecular weight excluding hydrogens is 216 g/mol. The highest BCUT2D eigenvalue weighted by Gasteiger charge is 2.09. The van der Waals surface area contributed by atoms with Gasteiger partial charge in [0.1, 0.15) is 17.8 Å². The Hall–Kier alpha value is -2.17. The molecule has 0 aliphatic heterocycles. The van der Waals surface area contributed by atoms with Gasteiger partial charge < -0.3 is 10.1 Å². The van der Waals surface area contributed by atoms with Gasteiger partial charge in [-0.3, -0.25) is 0 Å². The average Bonchev–Trinajstić information content (AvgIpc) is 2.38. The van der Waals surface area contributed by atoms with Crippen molar-refractivity contribution in [3.05, 3.63) is 30.1 Å². The van der Waals surface area contributed by atoms with Gasteiger partial charge in [-0.2, -0.15) is 0 Å². The maximum absolute atomic E-state index is 5.23. The summed E-state index contributed by atoms with van der Waals surface area (Å²) < 4.78 is 5.23. The highest BCUT2D eigenvalue weighted by atomic mass is 16.5. The van der Waals surface area contributed by atoms with E-state index in [4.69, 9.17) is 4.74 Å². The number of nitrogens with zero attached hydrogens (tertiary/aromatic N) is 3. The Morgan fingerprint density at radius 3 is 2.76 bits per heavy atom. The summed E-state index contributed by atoms with van der Waals surface area (Å²) in [6.45, 7) is 1.99. The van der Waals surface area contributed by atoms with Crippen molar-refractivity contribution < 1.29 is 4.74 Å². The first-order chi connectivity index (χ1) is 8.26. The average molecular weight is 230 g/mol. The van der Waals surface area contributed by atoms with E-state index in [-0.39, 0.29) is 0 Å². The molecule has 17 heavy (non-hydrogen) atoms. The Labute approximate surface area is 99.9 Å². The molecule has 5 heteroatoms. The van der Waals surface area contributed by atoms with Crippen molar-refractivity contribution in [1.29, 1.82) is 0 Å². The Balaban J connectivity index is 2.49. The normalized spacial score (nSPS) is 10.1. The first kappa shape index (κ1) is 11.3. The predicted octanol–water partition coefficient (Wildman–Crippen LogP) is 1.90. The topological polar surface area (TPSA) is 59.9 Å². The fraction of sp³-hybridized carbons (Fsp3) is 0.250. The molecule has 0 saturated carbocycles. The zero-order chi connectivity index (χ0) is 12.3. The molecule has 0 bridgehead atoms. The molecule has 88 valence electrons. The number of benzene rings is 1. The lowest BCUT2D eigenvalue weighted by molar-refractivity contribution is 0.412. The first-order valence-corrected chi connectivity index (χ1v) is 5.26. The molecule has 1 heterocycles. The lowest BCUT2D eigenvalue weighted by Gasteiger charge is -2.08. The van der Waals surface area contributed by atoms with Gasteiger partial charge in [-0.15, -0.1) is 10.2 Å². The van der Waals surface area contributed by atoms with E-state index in [0.717, 1.165) is 22.6 Å². The number of rotatable bonds is 3. The number of aromatic nitrogens is 3. The maximum Gasteiger partial charge on any atom is 0.156 e. The van der Waals surface area contributed by atoms with Gasteiger partial charge in [-0.25, -0.2) is 4.98 Å². The third-order valence-corrected chi connectivity index (χ3v) is 2.53. The second kappa shape index (κ2) is 4.78. The molecule has 0 aliphatic rings. The number of ether oxygens (including phenoxy) is 1. The zero-order valence-electron chi connectivity index (χ0n) is 10.1. The summed E-state index contributed by atoms with van der Waals surface area (Å²) in [6, 6.07) is 5.86. The minimum Gasteiger partial charge on any atom is -0.496 e. The van der Waals surface area contributed by atoms with Gasteiger partial charge in [0.05, 0.1) is 7.11 Å². The van der Waals surface area contributed by atoms with Crippen LogP contribution in [0.5, 0.6) is 5.75 Å². The van der Waals surface area contributed by atoms with Gasteiger partial charge in [0.2, 0.25) is 0 Å². The van der Waals surface area contributed by atoms with Crippen LogP contribution >= 0.6 is 0 Å². The highest BCUT2D eigenvalue weighted by molar-refractivity contribution is 5.71. The number of hydrogen-bond acceptors (Lipinski definition) is 5. The number of nitrogens with one attached hydrogen (secondary N) is 1. The minimum atomic E-state index is 0.713. The monoisotopic (exact) mass is 230 g/mol. The van der Waals surface area contributed by atoms with Crippen LogP contribution in [-0.2, 0) is 0 Å². The van der Waals surface area contributed by atoms with E-state index in [1.54, 1.807) is 7.11 Å². The third kappa shape index (κ3) is 2.18. The van der Waals surface area contributed by atoms with Crippen LogP contribution in [-0.4, -0.2) is 29.3 Å². The molecule has 0 unspecified atom stereocenters. The van der Waals surface area contributed by atoms with Crippen LogP contribution in [0.4, 0.5) is 5.82 Å². The van der Waals surface area contributed by atoms with E-state index in [9.17, 15) is 0 Å². The summed E-state index contributed by atoms with van der Waals surface area (Å²) in [5, 5.41) is 10.9. The zero-order valence-corrected chi connectivity index (χ0v) is 10.1. The molecule has 0 amide bonds. The summed E-state index contributed by atoms with van der Waals surface area (Å²) in [4.78, 5) is 4.13. The van der Waals surface area contributed by atoms with E-state index in [0.29, 0.717) is 5.82 Å². The standard InChI is InChI=1S/C12H14N4O/c1-8-6-9(4-5-10(8)17-3)11-12(13-2)14-7-15-16-11/h4-7H,1-3H3,(H,13,14,15). The van der Waals surface area contributed by atoms with Gasteiger partial charge in [0, 0.05) is 12.6 Å². The summed E-state index contributed by atoms with van der Waals surface area (Å²) in [5.41, 5.74) is 2.76. The molecule has 0 radical (unpaired) electrons. The second-order valence-corrected chi connectivity index (χ2v) is 3.59. The van der Waals surface area contributed by atoms with Gasteiger partial charge >= 0.3 is 0 Å². The van der Waals surface area contributed by atoms with Crippen LogP contribution < -0.4 is 10.1 Å². The third-order valence-electron chi connectivity index (χ3n) is 2.53. The van der Waals surface area contributed by atoms with Crippen molar-refractivity contribution in [2.24, 2.45) is 0 Å². The van der Waals surface area contributed by atoms with Crippen LogP contribution in [0.3, 0.4) is 0 Å². The summed E-state index contributed by atoms with van der Waals surface area (Å²) in [6.07, 6.45) is 1.42. The van der Waals surface area contributed by atoms with Crippen molar-refractivity contribution in [1.82, 2.24) is 15.2 Å². The summed E-state index contributed by atoms with van der Waals surface area (Å²) >= 11 is 0. The summed E-state index contributed by atoms with van der Waals surface area (Å²) in [7, 11) is 3.47.